The highest BCUT2D eigenvalue weighted by molar-refractivity contribution is 6.11. The van der Waals surface area contributed by atoms with Crippen LogP contribution in [0.3, 0.4) is 0 Å². The summed E-state index contributed by atoms with van der Waals surface area (Å²) in [6, 6.07) is 11.7. The predicted octanol–water partition coefficient (Wildman–Crippen LogP) is 1.85. The second-order valence-electron chi connectivity index (χ2n) is 5.35. The van der Waals surface area contributed by atoms with E-state index in [4.69, 9.17) is 4.74 Å². The summed E-state index contributed by atoms with van der Waals surface area (Å²) in [6.45, 7) is 0.192. The number of hydrogen-bond donors (Lipinski definition) is 2. The van der Waals surface area contributed by atoms with Crippen LogP contribution in [0.1, 0.15) is 26.4 Å². The van der Waals surface area contributed by atoms with Gasteiger partial charge in [-0.05, 0) is 24.3 Å². The smallest absolute Gasteiger partial charge is 0.338 e. The van der Waals surface area contributed by atoms with Crippen LogP contribution >= 0.6 is 0 Å². The van der Waals surface area contributed by atoms with Gasteiger partial charge in [0.25, 0.3) is 11.5 Å². The van der Waals surface area contributed by atoms with Crippen molar-refractivity contribution in [3.63, 3.8) is 0 Å². The van der Waals surface area contributed by atoms with E-state index in [1.54, 1.807) is 42.5 Å². The molecule has 0 atom stereocenters. The lowest BCUT2D eigenvalue weighted by Crippen LogP contribution is -2.19. The van der Waals surface area contributed by atoms with Gasteiger partial charge < -0.3 is 10.1 Å². The van der Waals surface area contributed by atoms with E-state index in [9.17, 15) is 14.4 Å². The van der Waals surface area contributed by atoms with Gasteiger partial charge in [-0.15, -0.1) is 0 Å². The number of benzene rings is 2. The van der Waals surface area contributed by atoms with Gasteiger partial charge in [0.2, 0.25) is 0 Å². The van der Waals surface area contributed by atoms with Crippen molar-refractivity contribution in [3.8, 4) is 0 Å². The molecule has 0 spiro atoms. The molecule has 1 amide bonds. The quantitative estimate of drug-likeness (QED) is 0.701. The zero-order chi connectivity index (χ0) is 16.7. The average Bonchev–Trinajstić information content (AvgIpc) is 2.96. The minimum absolute atomic E-state index is 0.123. The molecular formula is C17H11N3O4. The Kier molecular flexibility index (Phi) is 3.13. The maximum absolute atomic E-state index is 12.5. The van der Waals surface area contributed by atoms with E-state index in [-0.39, 0.29) is 23.8 Å². The number of nitrogens with one attached hydrogen (secondary N) is 2. The molecule has 2 heterocycles. The lowest BCUT2D eigenvalue weighted by Gasteiger charge is -2.07. The van der Waals surface area contributed by atoms with Gasteiger partial charge in [-0.1, -0.05) is 18.2 Å². The fraction of sp³-hybridized carbons (Fsp3) is 0.0588. The summed E-state index contributed by atoms with van der Waals surface area (Å²) in [6.07, 6.45) is 0. The van der Waals surface area contributed by atoms with E-state index in [0.29, 0.717) is 22.0 Å². The maximum Gasteiger partial charge on any atom is 0.338 e. The molecule has 3 aromatic rings. The summed E-state index contributed by atoms with van der Waals surface area (Å²) in [5, 5.41) is 9.77. The Balaban J connectivity index is 1.70. The molecule has 118 valence electrons. The van der Waals surface area contributed by atoms with Crippen molar-refractivity contribution in [1.82, 2.24) is 10.2 Å². The first-order valence-corrected chi connectivity index (χ1v) is 7.22. The number of aromatic nitrogens is 2. The molecule has 0 bridgehead atoms. The number of cyclic esters (lactones) is 1. The van der Waals surface area contributed by atoms with Crippen LogP contribution in [0.25, 0.3) is 10.8 Å². The topological polar surface area (TPSA) is 101 Å². The molecular weight excluding hydrogens is 310 g/mol. The van der Waals surface area contributed by atoms with E-state index in [1.165, 1.54) is 0 Å². The van der Waals surface area contributed by atoms with Gasteiger partial charge in [-0.3, -0.25) is 9.59 Å². The normalized spacial score (nSPS) is 12.8. The number of anilines is 1. The first-order chi connectivity index (χ1) is 11.6. The molecule has 0 saturated carbocycles. The van der Waals surface area contributed by atoms with Crippen molar-refractivity contribution in [3.05, 3.63) is 69.6 Å². The van der Waals surface area contributed by atoms with Gasteiger partial charge in [0.15, 0.2) is 5.69 Å². The third-order valence-corrected chi connectivity index (χ3v) is 3.85. The molecule has 0 unspecified atom stereocenters. The van der Waals surface area contributed by atoms with Gasteiger partial charge in [-0.2, -0.15) is 5.10 Å². The third kappa shape index (κ3) is 2.23. The van der Waals surface area contributed by atoms with E-state index in [0.717, 1.165) is 5.56 Å². The minimum atomic E-state index is -0.451. The van der Waals surface area contributed by atoms with E-state index in [2.05, 4.69) is 15.5 Å². The summed E-state index contributed by atoms with van der Waals surface area (Å²) in [7, 11) is 0. The molecule has 0 aliphatic carbocycles. The maximum atomic E-state index is 12.5. The van der Waals surface area contributed by atoms with Crippen LogP contribution in [0.15, 0.2) is 47.3 Å². The first-order valence-electron chi connectivity index (χ1n) is 7.22. The van der Waals surface area contributed by atoms with Gasteiger partial charge >= 0.3 is 5.97 Å². The first kappa shape index (κ1) is 14.1. The monoisotopic (exact) mass is 321 g/mol. The summed E-state index contributed by atoms with van der Waals surface area (Å²) in [4.78, 5) is 35.7. The predicted molar refractivity (Wildman–Crippen MR) is 85.9 cm³/mol. The lowest BCUT2D eigenvalue weighted by atomic mass is 10.1. The van der Waals surface area contributed by atoms with Crippen molar-refractivity contribution in [2.24, 2.45) is 0 Å². The molecule has 7 heteroatoms. The van der Waals surface area contributed by atoms with Crippen LogP contribution in [0, 0.1) is 0 Å². The number of carbonyl (C=O) groups excluding carboxylic acids is 2. The van der Waals surface area contributed by atoms with Gasteiger partial charge in [0.1, 0.15) is 6.61 Å². The fourth-order valence-electron chi connectivity index (χ4n) is 2.69. The van der Waals surface area contributed by atoms with Crippen molar-refractivity contribution >= 4 is 28.3 Å². The Morgan fingerprint density at radius 3 is 2.75 bits per heavy atom. The number of ether oxygens (including phenoxy) is 1. The van der Waals surface area contributed by atoms with Crippen LogP contribution in [-0.4, -0.2) is 22.1 Å². The second-order valence-corrected chi connectivity index (χ2v) is 5.35. The SMILES string of the molecule is O=C1OCc2cc(NC(=O)c3n[nH]c(=O)c4ccccc34)ccc21. The molecule has 24 heavy (non-hydrogen) atoms. The van der Waals surface area contributed by atoms with E-state index >= 15 is 0 Å². The molecule has 1 aromatic heterocycles. The number of nitrogens with zero attached hydrogens (tertiary/aromatic N) is 1. The minimum Gasteiger partial charge on any atom is -0.457 e. The number of H-pyrrole nitrogens is 1. The van der Waals surface area contributed by atoms with E-state index in [1.807, 2.05) is 0 Å². The molecule has 2 N–H and O–H groups in total. The summed E-state index contributed by atoms with van der Waals surface area (Å²) in [5.41, 5.74) is 1.51. The van der Waals surface area contributed by atoms with Crippen LogP contribution in [0.2, 0.25) is 0 Å². The van der Waals surface area contributed by atoms with Crippen molar-refractivity contribution < 1.29 is 14.3 Å². The summed E-state index contributed by atoms with van der Waals surface area (Å²) < 4.78 is 4.94. The van der Waals surface area contributed by atoms with Crippen molar-refractivity contribution in [2.45, 2.75) is 6.61 Å². The van der Waals surface area contributed by atoms with Crippen LogP contribution < -0.4 is 10.9 Å². The van der Waals surface area contributed by atoms with Crippen LogP contribution in [0.4, 0.5) is 5.69 Å². The highest BCUT2D eigenvalue weighted by Gasteiger charge is 2.22. The van der Waals surface area contributed by atoms with Crippen LogP contribution in [-0.2, 0) is 11.3 Å². The highest BCUT2D eigenvalue weighted by Crippen LogP contribution is 2.24. The van der Waals surface area contributed by atoms with Gasteiger partial charge in [0, 0.05) is 16.6 Å². The number of amides is 1. The second kappa shape index (κ2) is 5.31. The lowest BCUT2D eigenvalue weighted by molar-refractivity contribution is 0.0535. The zero-order valence-electron chi connectivity index (χ0n) is 12.3. The van der Waals surface area contributed by atoms with Crippen LogP contribution in [0.5, 0.6) is 0 Å². The zero-order valence-corrected chi connectivity index (χ0v) is 12.3. The Morgan fingerprint density at radius 2 is 1.92 bits per heavy atom. The Hall–Kier alpha value is -3.48. The Morgan fingerprint density at radius 1 is 1.12 bits per heavy atom. The molecule has 2 aromatic carbocycles. The van der Waals surface area contributed by atoms with Gasteiger partial charge in [-0.25, -0.2) is 9.89 Å². The highest BCUT2D eigenvalue weighted by atomic mass is 16.5. The average molecular weight is 321 g/mol. The molecule has 0 radical (unpaired) electrons. The molecule has 1 aliphatic rings. The number of carbonyl (C=O) groups is 2. The Labute approximate surface area is 135 Å². The largest absolute Gasteiger partial charge is 0.457 e. The number of rotatable bonds is 2. The molecule has 0 fully saturated rings. The number of aromatic amines is 1. The summed E-state index contributed by atoms with van der Waals surface area (Å²) >= 11 is 0. The molecule has 0 saturated heterocycles. The van der Waals surface area contributed by atoms with E-state index < -0.39 is 5.91 Å². The van der Waals surface area contributed by atoms with Crippen molar-refractivity contribution in [2.75, 3.05) is 5.32 Å². The molecule has 4 rings (SSSR count). The Bertz CT molecular complexity index is 1060. The summed E-state index contributed by atoms with van der Waals surface area (Å²) in [5.74, 6) is -0.816. The van der Waals surface area contributed by atoms with Crippen molar-refractivity contribution in [1.29, 1.82) is 0 Å². The van der Waals surface area contributed by atoms with Gasteiger partial charge in [0.05, 0.1) is 10.9 Å². The number of hydrogen-bond acceptors (Lipinski definition) is 5. The number of fused-ring (bicyclic) bond motifs is 2. The molecule has 1 aliphatic heterocycles. The third-order valence-electron chi connectivity index (χ3n) is 3.85. The number of esters is 1. The standard InChI is InChI=1S/C17H11N3O4/c21-15-13-4-2-1-3-12(13)14(19-20-15)16(22)18-10-5-6-11-9(7-10)8-24-17(11)23/h1-7H,8H2,(H,18,22)(H,20,21). The molecule has 7 nitrogen and oxygen atoms in total. The fourth-order valence-corrected chi connectivity index (χ4v) is 2.69.